The van der Waals surface area contributed by atoms with E-state index in [1.807, 2.05) is 19.9 Å². The van der Waals surface area contributed by atoms with Crippen LogP contribution in [0.1, 0.15) is 37.4 Å². The van der Waals surface area contributed by atoms with Crippen LogP contribution in [-0.4, -0.2) is 37.0 Å². The third-order valence-corrected chi connectivity index (χ3v) is 4.39. The molecule has 0 unspecified atom stereocenters. The minimum atomic E-state index is -3.25. The number of nitro groups is 1. The van der Waals surface area contributed by atoms with Crippen LogP contribution >= 0.6 is 0 Å². The molecule has 0 amide bonds. The van der Waals surface area contributed by atoms with Crippen LogP contribution in [0.15, 0.2) is 24.3 Å². The van der Waals surface area contributed by atoms with Gasteiger partial charge in [-0.2, -0.15) is 8.78 Å². The topological polar surface area (TPSA) is 105 Å². The number of benzene rings is 2. The van der Waals surface area contributed by atoms with Crippen molar-refractivity contribution < 1.29 is 37.5 Å². The van der Waals surface area contributed by atoms with E-state index in [-0.39, 0.29) is 5.75 Å². The Kier molecular flexibility index (Phi) is 7.04. The number of carbonyl (C=O) groups is 2. The van der Waals surface area contributed by atoms with Gasteiger partial charge in [0.05, 0.1) is 18.1 Å². The largest absolute Gasteiger partial charge is 0.493 e. The number of carbonyl (C=O) groups excluding carboxylic acids is 2. The fourth-order valence-electron chi connectivity index (χ4n) is 2.76. The van der Waals surface area contributed by atoms with Crippen molar-refractivity contribution in [2.75, 3.05) is 13.7 Å². The first-order chi connectivity index (χ1) is 14.0. The van der Waals surface area contributed by atoms with E-state index in [0.717, 1.165) is 24.3 Å². The molecule has 2 aromatic rings. The highest BCUT2D eigenvalue weighted by Gasteiger charge is 2.27. The zero-order valence-corrected chi connectivity index (χ0v) is 16.7. The van der Waals surface area contributed by atoms with E-state index in [9.17, 15) is 28.5 Å². The molecule has 0 saturated carbocycles. The Morgan fingerprint density at radius 1 is 1.00 bits per heavy atom. The molecule has 0 spiro atoms. The maximum absolute atomic E-state index is 12.5. The van der Waals surface area contributed by atoms with E-state index in [4.69, 9.17) is 9.47 Å². The number of methoxy groups -OCH3 is 1. The van der Waals surface area contributed by atoms with Crippen molar-refractivity contribution in [2.45, 2.75) is 27.4 Å². The van der Waals surface area contributed by atoms with Crippen molar-refractivity contribution in [3.63, 3.8) is 0 Å². The second-order valence-electron chi connectivity index (χ2n) is 6.41. The molecule has 30 heavy (non-hydrogen) atoms. The Morgan fingerprint density at radius 2 is 1.63 bits per heavy atom. The third kappa shape index (κ3) is 5.07. The summed E-state index contributed by atoms with van der Waals surface area (Å²) in [5.74, 6) is -2.61. The average molecular weight is 423 g/mol. The summed E-state index contributed by atoms with van der Waals surface area (Å²) in [6.07, 6.45) is 0. The summed E-state index contributed by atoms with van der Waals surface area (Å²) in [5.41, 5.74) is 1.54. The Bertz CT molecular complexity index is 1010. The van der Waals surface area contributed by atoms with Crippen LogP contribution < -0.4 is 9.47 Å². The van der Waals surface area contributed by atoms with Gasteiger partial charge in [-0.3, -0.25) is 14.9 Å². The summed E-state index contributed by atoms with van der Waals surface area (Å²) in [7, 11) is 1.11. The van der Waals surface area contributed by atoms with Crippen LogP contribution in [0.2, 0.25) is 0 Å². The van der Waals surface area contributed by atoms with Crippen molar-refractivity contribution in [3.8, 4) is 11.5 Å². The Hall–Kier alpha value is -3.56. The number of nitrogens with zero attached hydrogens (tertiary/aromatic N) is 1. The Labute approximate surface area is 170 Å². The number of Topliss-reactive ketones (excluding diaryl/α,β-unsaturated/α-hetero) is 1. The fraction of sp³-hybridized carbons (Fsp3) is 0.300. The van der Waals surface area contributed by atoms with Gasteiger partial charge in [0.25, 0.3) is 5.69 Å². The van der Waals surface area contributed by atoms with Crippen LogP contribution in [0.3, 0.4) is 0 Å². The van der Waals surface area contributed by atoms with Crippen molar-refractivity contribution in [1.82, 2.24) is 0 Å². The normalized spacial score (nSPS) is 10.6. The summed E-state index contributed by atoms with van der Waals surface area (Å²) in [6, 6.07) is 4.98. The summed E-state index contributed by atoms with van der Waals surface area (Å²) in [5, 5.41) is 11.3. The summed E-state index contributed by atoms with van der Waals surface area (Å²) in [6.45, 7) is 1.55. The fourth-order valence-corrected chi connectivity index (χ4v) is 2.76. The lowest BCUT2D eigenvalue weighted by molar-refractivity contribution is -0.385. The molecular formula is C20H19F2NO7. The molecular weight excluding hydrogens is 404 g/mol. The lowest BCUT2D eigenvalue weighted by atomic mass is 9.98. The highest BCUT2D eigenvalue weighted by molar-refractivity contribution is 6.01. The predicted octanol–water partition coefficient (Wildman–Crippen LogP) is 4.17. The van der Waals surface area contributed by atoms with Gasteiger partial charge in [0.2, 0.25) is 5.78 Å². The molecule has 0 atom stereocenters. The standard InChI is InChI=1S/C20H19F2NO7/c1-10-5-12(3)13(6-11(10)2)16(24)9-29-19(25)14-7-17(28-4)18(30-20(21)22)8-15(14)23(26)27/h5-8,20H,9H2,1-4H3. The molecule has 0 saturated heterocycles. The number of nitro benzene ring substituents is 1. The molecule has 0 radical (unpaired) electrons. The zero-order valence-electron chi connectivity index (χ0n) is 16.7. The number of esters is 1. The van der Waals surface area contributed by atoms with Gasteiger partial charge in [0.15, 0.2) is 18.1 Å². The SMILES string of the molecule is COc1cc(C(=O)OCC(=O)c2cc(C)c(C)cc2C)c([N+](=O)[O-])cc1OC(F)F. The van der Waals surface area contributed by atoms with Crippen LogP contribution in [0.5, 0.6) is 11.5 Å². The lowest BCUT2D eigenvalue weighted by Crippen LogP contribution is -2.17. The number of aryl methyl sites for hydroxylation is 3. The number of alkyl halides is 2. The van der Waals surface area contributed by atoms with Gasteiger partial charge in [-0.1, -0.05) is 6.07 Å². The predicted molar refractivity (Wildman–Crippen MR) is 102 cm³/mol. The number of hydrogen-bond donors (Lipinski definition) is 0. The molecule has 2 rings (SSSR count). The number of hydrogen-bond acceptors (Lipinski definition) is 7. The smallest absolute Gasteiger partial charge is 0.387 e. The van der Waals surface area contributed by atoms with Gasteiger partial charge < -0.3 is 14.2 Å². The van der Waals surface area contributed by atoms with Gasteiger partial charge >= 0.3 is 12.6 Å². The monoisotopic (exact) mass is 423 g/mol. The van der Waals surface area contributed by atoms with Crippen molar-refractivity contribution >= 4 is 17.4 Å². The zero-order chi connectivity index (χ0) is 22.6. The Balaban J connectivity index is 2.29. The molecule has 2 aromatic carbocycles. The van der Waals surface area contributed by atoms with Crippen LogP contribution in [0.25, 0.3) is 0 Å². The van der Waals surface area contributed by atoms with Gasteiger partial charge in [0, 0.05) is 11.6 Å². The molecule has 10 heteroatoms. The third-order valence-electron chi connectivity index (χ3n) is 4.39. The van der Waals surface area contributed by atoms with Crippen molar-refractivity contribution in [1.29, 1.82) is 0 Å². The number of halogens is 2. The molecule has 0 bridgehead atoms. The molecule has 0 N–H and O–H groups in total. The minimum absolute atomic E-state index is 0.329. The molecule has 160 valence electrons. The lowest BCUT2D eigenvalue weighted by Gasteiger charge is -2.12. The van der Waals surface area contributed by atoms with Crippen molar-refractivity contribution in [2.24, 2.45) is 0 Å². The maximum Gasteiger partial charge on any atom is 0.387 e. The Morgan fingerprint density at radius 3 is 2.20 bits per heavy atom. The number of ether oxygens (including phenoxy) is 3. The second kappa shape index (κ2) is 9.29. The molecule has 0 aliphatic heterocycles. The quantitative estimate of drug-likeness (QED) is 0.272. The molecule has 0 aromatic heterocycles. The summed E-state index contributed by atoms with van der Waals surface area (Å²) in [4.78, 5) is 35.2. The second-order valence-corrected chi connectivity index (χ2v) is 6.41. The van der Waals surface area contributed by atoms with Gasteiger partial charge in [-0.05, 0) is 43.5 Å². The summed E-state index contributed by atoms with van der Waals surface area (Å²) < 4.78 is 39.0. The minimum Gasteiger partial charge on any atom is -0.493 e. The average Bonchev–Trinajstić information content (AvgIpc) is 2.67. The maximum atomic E-state index is 12.5. The van der Waals surface area contributed by atoms with Gasteiger partial charge in [-0.15, -0.1) is 0 Å². The van der Waals surface area contributed by atoms with Crippen LogP contribution in [0, 0.1) is 30.9 Å². The molecule has 0 heterocycles. The number of ketones is 1. The highest BCUT2D eigenvalue weighted by Crippen LogP contribution is 2.36. The van der Waals surface area contributed by atoms with E-state index in [1.165, 1.54) is 0 Å². The first kappa shape index (κ1) is 22.7. The summed E-state index contributed by atoms with van der Waals surface area (Å²) >= 11 is 0. The first-order valence-electron chi connectivity index (χ1n) is 8.64. The van der Waals surface area contributed by atoms with E-state index < -0.39 is 46.9 Å². The molecule has 8 nitrogen and oxygen atoms in total. The molecule has 0 fully saturated rings. The molecule has 0 aliphatic rings. The van der Waals surface area contributed by atoms with Crippen LogP contribution in [0.4, 0.5) is 14.5 Å². The highest BCUT2D eigenvalue weighted by atomic mass is 19.3. The van der Waals surface area contributed by atoms with E-state index in [2.05, 4.69) is 4.74 Å². The first-order valence-corrected chi connectivity index (χ1v) is 8.64. The van der Waals surface area contributed by atoms with Gasteiger partial charge in [-0.25, -0.2) is 4.79 Å². The number of rotatable bonds is 8. The van der Waals surface area contributed by atoms with E-state index in [0.29, 0.717) is 17.2 Å². The van der Waals surface area contributed by atoms with E-state index in [1.54, 1.807) is 13.0 Å². The van der Waals surface area contributed by atoms with Gasteiger partial charge in [0.1, 0.15) is 5.56 Å². The van der Waals surface area contributed by atoms with Crippen LogP contribution in [-0.2, 0) is 4.74 Å². The van der Waals surface area contributed by atoms with Crippen molar-refractivity contribution in [3.05, 3.63) is 62.2 Å². The molecule has 0 aliphatic carbocycles. The van der Waals surface area contributed by atoms with E-state index >= 15 is 0 Å².